The molecule has 0 bridgehead atoms. The van der Waals surface area contributed by atoms with Crippen LogP contribution in [-0.4, -0.2) is 64.0 Å². The molecule has 8 heteroatoms. The predicted molar refractivity (Wildman–Crippen MR) is 90.4 cm³/mol. The molecule has 2 N–H and O–H groups in total. The van der Waals surface area contributed by atoms with Crippen LogP contribution < -0.4 is 5.73 Å². The summed E-state index contributed by atoms with van der Waals surface area (Å²) in [7, 11) is 1.73. The summed E-state index contributed by atoms with van der Waals surface area (Å²) in [5.41, 5.74) is 7.26. The van der Waals surface area contributed by atoms with E-state index >= 15 is 0 Å². The normalized spacial score (nSPS) is 14.7. The van der Waals surface area contributed by atoms with Crippen LogP contribution in [0.25, 0.3) is 11.1 Å². The number of aromatic nitrogens is 2. The van der Waals surface area contributed by atoms with E-state index < -0.39 is 5.91 Å². The zero-order chi connectivity index (χ0) is 18.0. The summed E-state index contributed by atoms with van der Waals surface area (Å²) < 4.78 is 1.45. The number of rotatable bonds is 4. The maximum atomic E-state index is 12.7. The second-order valence-electron chi connectivity index (χ2n) is 6.02. The fraction of sp³-hybridized carbons (Fsp3) is 0.294. The number of amides is 3. The third-order valence-electron chi connectivity index (χ3n) is 4.14. The minimum Gasteiger partial charge on any atom is -0.368 e. The van der Waals surface area contributed by atoms with Crippen LogP contribution >= 0.6 is 0 Å². The standard InChI is InChI=1S/C17H19N5O3/c1-20-5-6-21(11-16(20)24)17(25)13-4-2-3-12(7-13)14-8-19-22(9-14)10-15(18)23/h2-4,7-9H,5-6,10-11H2,1H3,(H2,18,23). The molecule has 2 heterocycles. The molecule has 130 valence electrons. The van der Waals surface area contributed by atoms with E-state index in [4.69, 9.17) is 5.73 Å². The molecule has 2 aromatic rings. The Morgan fingerprint density at radius 2 is 2.04 bits per heavy atom. The molecular formula is C17H19N5O3. The van der Waals surface area contributed by atoms with E-state index in [1.54, 1.807) is 47.4 Å². The van der Waals surface area contributed by atoms with Gasteiger partial charge in [-0.1, -0.05) is 12.1 Å². The Hall–Kier alpha value is -3.16. The maximum Gasteiger partial charge on any atom is 0.254 e. The average Bonchev–Trinajstić information content (AvgIpc) is 3.04. The lowest BCUT2D eigenvalue weighted by molar-refractivity contribution is -0.133. The average molecular weight is 341 g/mol. The summed E-state index contributed by atoms with van der Waals surface area (Å²) in [6.07, 6.45) is 3.32. The van der Waals surface area contributed by atoms with Gasteiger partial charge in [-0.05, 0) is 17.7 Å². The van der Waals surface area contributed by atoms with Gasteiger partial charge in [0, 0.05) is 37.5 Å². The summed E-state index contributed by atoms with van der Waals surface area (Å²) in [6.45, 7) is 1.14. The summed E-state index contributed by atoms with van der Waals surface area (Å²) in [4.78, 5) is 38.6. The number of benzene rings is 1. The van der Waals surface area contributed by atoms with Crippen molar-refractivity contribution in [1.82, 2.24) is 19.6 Å². The van der Waals surface area contributed by atoms with Crippen molar-refractivity contribution in [1.29, 1.82) is 0 Å². The number of likely N-dealkylation sites (N-methyl/N-ethyl adjacent to an activating group) is 1. The van der Waals surface area contributed by atoms with Gasteiger partial charge in [-0.15, -0.1) is 0 Å². The van der Waals surface area contributed by atoms with E-state index in [9.17, 15) is 14.4 Å². The molecule has 3 amide bonds. The van der Waals surface area contributed by atoms with E-state index in [2.05, 4.69) is 5.10 Å². The summed E-state index contributed by atoms with van der Waals surface area (Å²) >= 11 is 0. The van der Waals surface area contributed by atoms with Gasteiger partial charge in [0.05, 0.1) is 6.20 Å². The monoisotopic (exact) mass is 341 g/mol. The van der Waals surface area contributed by atoms with Gasteiger partial charge in [0.1, 0.15) is 13.1 Å². The quantitative estimate of drug-likeness (QED) is 0.842. The highest BCUT2D eigenvalue weighted by Gasteiger charge is 2.25. The second kappa shape index (κ2) is 6.76. The lowest BCUT2D eigenvalue weighted by Gasteiger charge is -2.32. The molecule has 1 aliphatic rings. The van der Waals surface area contributed by atoms with Crippen LogP contribution in [-0.2, 0) is 16.1 Å². The summed E-state index contributed by atoms with van der Waals surface area (Å²) in [5, 5.41) is 4.09. The molecule has 1 aromatic heterocycles. The number of piperazine rings is 1. The molecule has 8 nitrogen and oxygen atoms in total. The van der Waals surface area contributed by atoms with E-state index in [1.165, 1.54) is 4.68 Å². The zero-order valence-electron chi connectivity index (χ0n) is 13.9. The highest BCUT2D eigenvalue weighted by atomic mass is 16.2. The van der Waals surface area contributed by atoms with Gasteiger partial charge in [0.15, 0.2) is 0 Å². The highest BCUT2D eigenvalue weighted by molar-refractivity contribution is 5.98. The lowest BCUT2D eigenvalue weighted by Crippen LogP contribution is -2.50. The first-order valence-electron chi connectivity index (χ1n) is 7.88. The molecule has 1 saturated heterocycles. The van der Waals surface area contributed by atoms with Gasteiger partial charge >= 0.3 is 0 Å². The molecular weight excluding hydrogens is 322 g/mol. The first-order valence-corrected chi connectivity index (χ1v) is 7.88. The number of hydrogen-bond acceptors (Lipinski definition) is 4. The number of carbonyl (C=O) groups is 3. The summed E-state index contributed by atoms with van der Waals surface area (Å²) in [6, 6.07) is 7.13. The van der Waals surface area contributed by atoms with Crippen LogP contribution in [0.1, 0.15) is 10.4 Å². The van der Waals surface area contributed by atoms with Crippen molar-refractivity contribution >= 4 is 17.7 Å². The van der Waals surface area contributed by atoms with Crippen molar-refractivity contribution in [2.75, 3.05) is 26.7 Å². The minimum atomic E-state index is -0.474. The van der Waals surface area contributed by atoms with Crippen LogP contribution in [0.2, 0.25) is 0 Å². The molecule has 0 aliphatic carbocycles. The van der Waals surface area contributed by atoms with Crippen molar-refractivity contribution in [3.8, 4) is 11.1 Å². The van der Waals surface area contributed by atoms with Crippen LogP contribution in [0.3, 0.4) is 0 Å². The number of carbonyl (C=O) groups excluding carboxylic acids is 3. The Balaban J connectivity index is 1.79. The van der Waals surface area contributed by atoms with E-state index in [1.807, 2.05) is 6.07 Å². The van der Waals surface area contributed by atoms with E-state index in [-0.39, 0.29) is 24.9 Å². The predicted octanol–water partition coefficient (Wildman–Crippen LogP) is -0.0504. The first kappa shape index (κ1) is 16.7. The second-order valence-corrected chi connectivity index (χ2v) is 6.02. The van der Waals surface area contributed by atoms with E-state index in [0.717, 1.165) is 11.1 Å². The van der Waals surface area contributed by atoms with Gasteiger partial charge in [0.25, 0.3) is 5.91 Å². The Bertz CT molecular complexity index is 829. The number of nitrogens with zero attached hydrogens (tertiary/aromatic N) is 4. The molecule has 1 fully saturated rings. The molecule has 0 atom stereocenters. The SMILES string of the molecule is CN1CCN(C(=O)c2cccc(-c3cnn(CC(N)=O)c3)c2)CC1=O. The molecule has 0 radical (unpaired) electrons. The van der Waals surface area contributed by atoms with Gasteiger partial charge in [-0.25, -0.2) is 0 Å². The third-order valence-corrected chi connectivity index (χ3v) is 4.14. The number of primary amides is 1. The van der Waals surface area contributed by atoms with Gasteiger partial charge in [-0.3, -0.25) is 19.1 Å². The fourth-order valence-electron chi connectivity index (χ4n) is 2.70. The molecule has 0 saturated carbocycles. The van der Waals surface area contributed by atoms with Crippen LogP contribution in [0.15, 0.2) is 36.7 Å². The topological polar surface area (TPSA) is 102 Å². The smallest absolute Gasteiger partial charge is 0.254 e. The van der Waals surface area contributed by atoms with Crippen molar-refractivity contribution in [3.63, 3.8) is 0 Å². The van der Waals surface area contributed by atoms with Gasteiger partial charge < -0.3 is 15.5 Å². The first-order chi connectivity index (χ1) is 11.9. The van der Waals surface area contributed by atoms with Crippen molar-refractivity contribution in [2.24, 2.45) is 5.73 Å². The Kier molecular flexibility index (Phi) is 4.51. The Morgan fingerprint density at radius 1 is 1.24 bits per heavy atom. The van der Waals surface area contributed by atoms with Gasteiger partial charge in [-0.2, -0.15) is 5.10 Å². The maximum absolute atomic E-state index is 12.7. The van der Waals surface area contributed by atoms with E-state index in [0.29, 0.717) is 18.7 Å². The summed E-state index contributed by atoms with van der Waals surface area (Å²) in [5.74, 6) is -0.713. The molecule has 0 unspecified atom stereocenters. The molecule has 25 heavy (non-hydrogen) atoms. The highest BCUT2D eigenvalue weighted by Crippen LogP contribution is 2.21. The molecule has 1 aromatic carbocycles. The van der Waals surface area contributed by atoms with Crippen LogP contribution in [0.5, 0.6) is 0 Å². The number of nitrogens with two attached hydrogens (primary N) is 1. The van der Waals surface area contributed by atoms with Crippen molar-refractivity contribution in [2.45, 2.75) is 6.54 Å². The largest absolute Gasteiger partial charge is 0.368 e. The Morgan fingerprint density at radius 3 is 2.76 bits per heavy atom. The Labute approximate surface area is 144 Å². The van der Waals surface area contributed by atoms with Gasteiger partial charge in [0.2, 0.25) is 11.8 Å². The zero-order valence-corrected chi connectivity index (χ0v) is 13.9. The van der Waals surface area contributed by atoms with Crippen LogP contribution in [0, 0.1) is 0 Å². The minimum absolute atomic E-state index is 0.00201. The fourth-order valence-corrected chi connectivity index (χ4v) is 2.70. The molecule has 0 spiro atoms. The molecule has 3 rings (SSSR count). The lowest BCUT2D eigenvalue weighted by atomic mass is 10.1. The van der Waals surface area contributed by atoms with Crippen molar-refractivity contribution < 1.29 is 14.4 Å². The van der Waals surface area contributed by atoms with Crippen LogP contribution in [0.4, 0.5) is 0 Å². The van der Waals surface area contributed by atoms with Crippen molar-refractivity contribution in [3.05, 3.63) is 42.2 Å². The third kappa shape index (κ3) is 3.68. The molecule has 1 aliphatic heterocycles. The number of hydrogen-bond donors (Lipinski definition) is 1.